The van der Waals surface area contributed by atoms with E-state index in [2.05, 4.69) is 33.3 Å². The Labute approximate surface area is 139 Å². The highest BCUT2D eigenvalue weighted by Crippen LogP contribution is 2.31. The molecule has 4 nitrogen and oxygen atoms in total. The maximum absolute atomic E-state index is 10.0. The van der Waals surface area contributed by atoms with Crippen molar-refractivity contribution in [2.75, 3.05) is 40.3 Å². The monoisotopic (exact) mass is 330 g/mol. The van der Waals surface area contributed by atoms with Crippen LogP contribution >= 0.6 is 11.6 Å². The van der Waals surface area contributed by atoms with Crippen LogP contribution in [0.5, 0.6) is 5.75 Å². The molecule has 0 unspecified atom stereocenters. The van der Waals surface area contributed by atoms with Gasteiger partial charge in [0.1, 0.15) is 38.1 Å². The highest BCUT2D eigenvalue weighted by atomic mass is 35.5. The highest BCUT2D eigenvalue weighted by Gasteiger charge is 2.14. The van der Waals surface area contributed by atoms with E-state index in [1.54, 1.807) is 0 Å². The maximum Gasteiger partial charge on any atom is 0.137 e. The van der Waals surface area contributed by atoms with Crippen molar-refractivity contribution in [2.24, 2.45) is 0 Å². The summed E-state index contributed by atoms with van der Waals surface area (Å²) in [5.74, 6) is 1.16. The van der Waals surface area contributed by atoms with Crippen molar-refractivity contribution in [3.05, 3.63) is 28.3 Å². The molecule has 1 aromatic rings. The summed E-state index contributed by atoms with van der Waals surface area (Å²) < 4.78 is 5.84. The average Bonchev–Trinajstić information content (AvgIpc) is 2.44. The first kappa shape index (κ1) is 19.2. The van der Waals surface area contributed by atoms with Gasteiger partial charge in [-0.25, -0.2) is 0 Å². The quantitative estimate of drug-likeness (QED) is 0.567. The number of halogens is 1. The van der Waals surface area contributed by atoms with E-state index in [1.807, 2.05) is 19.1 Å². The van der Waals surface area contributed by atoms with Gasteiger partial charge in [-0.3, -0.25) is 0 Å². The molecule has 0 saturated carbocycles. The molecule has 0 spiro atoms. The molecule has 126 valence electrons. The molecule has 0 aliphatic carbocycles. The second-order valence-corrected chi connectivity index (χ2v) is 6.94. The van der Waals surface area contributed by atoms with Crippen LogP contribution < -0.4 is 15.0 Å². The van der Waals surface area contributed by atoms with Gasteiger partial charge in [-0.05, 0) is 36.1 Å². The van der Waals surface area contributed by atoms with Gasteiger partial charge in [0.05, 0.1) is 14.1 Å². The number of nitrogens with two attached hydrogens (primary N) is 1. The van der Waals surface area contributed by atoms with Crippen LogP contribution in [-0.2, 0) is 0 Å². The third-order valence-electron chi connectivity index (χ3n) is 3.63. The van der Waals surface area contributed by atoms with Crippen LogP contribution in [0.1, 0.15) is 30.9 Å². The molecule has 0 bridgehead atoms. The molecule has 1 rings (SSSR count). The third-order valence-corrected chi connectivity index (χ3v) is 4.04. The van der Waals surface area contributed by atoms with E-state index in [9.17, 15) is 5.11 Å². The fraction of sp³-hybridized carbons (Fsp3) is 0.647. The van der Waals surface area contributed by atoms with Crippen molar-refractivity contribution < 1.29 is 20.1 Å². The molecule has 1 atom stereocenters. The molecule has 0 radical (unpaired) electrons. The van der Waals surface area contributed by atoms with E-state index in [0.717, 1.165) is 35.0 Å². The fourth-order valence-electron chi connectivity index (χ4n) is 2.20. The smallest absolute Gasteiger partial charge is 0.137 e. The molecule has 0 aromatic heterocycles. The van der Waals surface area contributed by atoms with Crippen molar-refractivity contribution in [1.82, 2.24) is 0 Å². The van der Waals surface area contributed by atoms with Gasteiger partial charge in [-0.15, -0.1) is 0 Å². The van der Waals surface area contributed by atoms with E-state index < -0.39 is 6.10 Å². The Morgan fingerprint density at radius 2 is 2.00 bits per heavy atom. The molecule has 0 aliphatic rings. The summed E-state index contributed by atoms with van der Waals surface area (Å²) >= 11 is 6.19. The highest BCUT2D eigenvalue weighted by molar-refractivity contribution is 6.31. The van der Waals surface area contributed by atoms with Gasteiger partial charge in [0.25, 0.3) is 0 Å². The molecule has 0 aliphatic heterocycles. The van der Waals surface area contributed by atoms with E-state index >= 15 is 0 Å². The van der Waals surface area contributed by atoms with Crippen molar-refractivity contribution in [3.8, 4) is 5.75 Å². The number of hydrogen-bond acceptors (Lipinski definition) is 2. The first-order valence-electron chi connectivity index (χ1n) is 8.02. The molecule has 0 amide bonds. The van der Waals surface area contributed by atoms with Gasteiger partial charge < -0.3 is 20.1 Å². The summed E-state index contributed by atoms with van der Waals surface area (Å²) in [6.07, 6.45) is -0.465. The number of aliphatic hydroxyl groups excluding tert-OH is 1. The van der Waals surface area contributed by atoms with Crippen molar-refractivity contribution in [3.63, 3.8) is 0 Å². The number of benzene rings is 1. The number of ether oxygens (including phenoxy) is 1. The molecule has 4 N–H and O–H groups in total. The lowest BCUT2D eigenvalue weighted by molar-refractivity contribution is -0.874. The minimum absolute atomic E-state index is 0.312. The fourth-order valence-corrected chi connectivity index (χ4v) is 2.37. The zero-order valence-corrected chi connectivity index (χ0v) is 15.2. The Bertz CT molecular complexity index is 464. The van der Waals surface area contributed by atoms with E-state index in [1.165, 1.54) is 4.90 Å². The summed E-state index contributed by atoms with van der Waals surface area (Å²) in [7, 11) is 4.26. The largest absolute Gasteiger partial charge is 0.490 e. The summed E-state index contributed by atoms with van der Waals surface area (Å²) in [6, 6.07) is 3.93. The van der Waals surface area contributed by atoms with Crippen LogP contribution in [0.15, 0.2) is 12.1 Å². The lowest BCUT2D eigenvalue weighted by atomic mass is 10.0. The minimum atomic E-state index is -0.465. The number of quaternary nitrogens is 2. The van der Waals surface area contributed by atoms with Crippen molar-refractivity contribution in [2.45, 2.75) is 32.8 Å². The normalized spacial score (nSPS) is 13.0. The number of aliphatic hydroxyl groups is 1. The summed E-state index contributed by atoms with van der Waals surface area (Å²) in [4.78, 5) is 1.42. The van der Waals surface area contributed by atoms with Gasteiger partial charge >= 0.3 is 0 Å². The van der Waals surface area contributed by atoms with Crippen LogP contribution in [-0.4, -0.2) is 51.5 Å². The van der Waals surface area contributed by atoms with Gasteiger partial charge in [-0.2, -0.15) is 0 Å². The van der Waals surface area contributed by atoms with Gasteiger partial charge in [0.15, 0.2) is 0 Å². The number of rotatable bonds is 9. The molecular formula is C17H31ClN2O2+2. The standard InChI is InChI=1S/C17H29ClN2O2/c1-12(2)15-9-16(18)13(3)8-17(15)22-11-14(21)10-19-6-7-20(4)5/h8-9,12,14,19,21H,6-7,10-11H2,1-5H3/p+2/t14-/m1/s1. The van der Waals surface area contributed by atoms with Crippen LogP contribution in [0.2, 0.25) is 5.02 Å². The molecule has 1 aromatic carbocycles. The first-order valence-corrected chi connectivity index (χ1v) is 8.40. The number of aryl methyl sites for hydroxylation is 1. The van der Waals surface area contributed by atoms with E-state index in [0.29, 0.717) is 19.1 Å². The summed E-state index contributed by atoms with van der Waals surface area (Å²) in [5.41, 5.74) is 2.08. The maximum atomic E-state index is 10.0. The molecule has 5 heteroatoms. The molecule has 0 fully saturated rings. The van der Waals surface area contributed by atoms with E-state index in [4.69, 9.17) is 16.3 Å². The Kier molecular flexibility index (Phi) is 8.18. The third kappa shape index (κ3) is 6.53. The SMILES string of the molecule is Cc1cc(OC[C@H](O)C[NH2+]CC[NH+](C)C)c(C(C)C)cc1Cl. The minimum Gasteiger partial charge on any atom is -0.490 e. The van der Waals surface area contributed by atoms with Gasteiger partial charge in [0.2, 0.25) is 0 Å². The molecule has 0 saturated heterocycles. The lowest BCUT2D eigenvalue weighted by Gasteiger charge is -2.17. The Hall–Kier alpha value is -0.810. The van der Waals surface area contributed by atoms with Gasteiger partial charge in [-0.1, -0.05) is 25.4 Å². The van der Waals surface area contributed by atoms with Crippen molar-refractivity contribution >= 4 is 11.6 Å². The van der Waals surface area contributed by atoms with Crippen LogP contribution in [0.3, 0.4) is 0 Å². The van der Waals surface area contributed by atoms with Crippen LogP contribution in [0.25, 0.3) is 0 Å². The molecular weight excluding hydrogens is 300 g/mol. The zero-order chi connectivity index (χ0) is 16.7. The first-order chi connectivity index (χ1) is 10.3. The van der Waals surface area contributed by atoms with Crippen molar-refractivity contribution in [1.29, 1.82) is 0 Å². The number of hydrogen-bond donors (Lipinski definition) is 3. The van der Waals surface area contributed by atoms with E-state index in [-0.39, 0.29) is 0 Å². The second-order valence-electron chi connectivity index (χ2n) is 6.53. The molecule has 22 heavy (non-hydrogen) atoms. The average molecular weight is 331 g/mol. The Morgan fingerprint density at radius 3 is 2.59 bits per heavy atom. The van der Waals surface area contributed by atoms with Gasteiger partial charge in [0, 0.05) is 5.02 Å². The zero-order valence-electron chi connectivity index (χ0n) is 14.4. The van der Waals surface area contributed by atoms with Crippen LogP contribution in [0.4, 0.5) is 0 Å². The van der Waals surface area contributed by atoms with Crippen LogP contribution in [0, 0.1) is 6.92 Å². The Balaban J connectivity index is 2.51. The number of likely N-dealkylation sites (N-methyl/N-ethyl adjacent to an activating group) is 1. The summed E-state index contributed by atoms with van der Waals surface area (Å²) in [6.45, 7) is 9.26. The second kappa shape index (κ2) is 9.36. The summed E-state index contributed by atoms with van der Waals surface area (Å²) in [5, 5.41) is 12.9. The number of nitrogens with one attached hydrogen (secondary N) is 1. The Morgan fingerprint density at radius 1 is 1.32 bits per heavy atom. The lowest BCUT2D eigenvalue weighted by Crippen LogP contribution is -3.09. The molecule has 0 heterocycles. The predicted octanol–water partition coefficient (Wildman–Crippen LogP) is 0.219. The topological polar surface area (TPSA) is 50.5 Å². The predicted molar refractivity (Wildman–Crippen MR) is 91.1 cm³/mol.